The standard InChI is InChI=1S/C15H21N3O3/c16-9-12-10-18(7-8-20-12)6-2-4-11-3-1-5-13-14(11)21-15(19)17-13/h1,3,5,12H,2,4,6-10,16H2,(H,17,19)/t12-/m1/s1. The summed E-state index contributed by atoms with van der Waals surface area (Å²) < 4.78 is 10.8. The van der Waals surface area contributed by atoms with Crippen molar-refractivity contribution in [2.45, 2.75) is 18.9 Å². The van der Waals surface area contributed by atoms with Gasteiger partial charge in [-0.3, -0.25) is 9.88 Å². The van der Waals surface area contributed by atoms with Crippen LogP contribution in [0.3, 0.4) is 0 Å². The average Bonchev–Trinajstić information content (AvgIpc) is 2.88. The Balaban J connectivity index is 1.58. The van der Waals surface area contributed by atoms with Crippen LogP contribution in [-0.2, 0) is 11.2 Å². The van der Waals surface area contributed by atoms with Crippen LogP contribution in [0, 0.1) is 0 Å². The van der Waals surface area contributed by atoms with Crippen molar-refractivity contribution in [3.63, 3.8) is 0 Å². The molecule has 1 aromatic carbocycles. The molecule has 2 aromatic rings. The number of morpholine rings is 1. The number of nitrogens with two attached hydrogens (primary N) is 1. The Morgan fingerprint density at radius 3 is 3.19 bits per heavy atom. The van der Waals surface area contributed by atoms with E-state index in [1.807, 2.05) is 18.2 Å². The first-order valence-electron chi connectivity index (χ1n) is 7.41. The lowest BCUT2D eigenvalue weighted by Gasteiger charge is -2.32. The fraction of sp³-hybridized carbons (Fsp3) is 0.533. The Morgan fingerprint density at radius 2 is 2.33 bits per heavy atom. The topological polar surface area (TPSA) is 84.5 Å². The number of aryl methyl sites for hydroxylation is 1. The molecule has 2 heterocycles. The molecule has 0 spiro atoms. The molecule has 0 radical (unpaired) electrons. The van der Waals surface area contributed by atoms with Crippen LogP contribution in [0.4, 0.5) is 0 Å². The quantitative estimate of drug-likeness (QED) is 0.847. The third kappa shape index (κ3) is 3.34. The van der Waals surface area contributed by atoms with Crippen molar-refractivity contribution < 1.29 is 9.15 Å². The lowest BCUT2D eigenvalue weighted by atomic mass is 10.1. The highest BCUT2D eigenvalue weighted by atomic mass is 16.5. The van der Waals surface area contributed by atoms with E-state index in [2.05, 4.69) is 9.88 Å². The zero-order valence-corrected chi connectivity index (χ0v) is 12.0. The van der Waals surface area contributed by atoms with Gasteiger partial charge >= 0.3 is 5.76 Å². The zero-order chi connectivity index (χ0) is 14.7. The largest absolute Gasteiger partial charge is 0.417 e. The number of ether oxygens (including phenoxy) is 1. The minimum Gasteiger partial charge on any atom is -0.408 e. The number of para-hydroxylation sites is 1. The summed E-state index contributed by atoms with van der Waals surface area (Å²) in [6.45, 7) is 4.19. The summed E-state index contributed by atoms with van der Waals surface area (Å²) in [6, 6.07) is 5.82. The average molecular weight is 291 g/mol. The third-order valence-corrected chi connectivity index (χ3v) is 3.93. The molecular formula is C15H21N3O3. The first-order chi connectivity index (χ1) is 10.3. The van der Waals surface area contributed by atoms with E-state index in [1.165, 1.54) is 0 Å². The van der Waals surface area contributed by atoms with Crippen LogP contribution >= 0.6 is 0 Å². The van der Waals surface area contributed by atoms with Gasteiger partial charge in [0.05, 0.1) is 18.2 Å². The summed E-state index contributed by atoms with van der Waals surface area (Å²) in [6.07, 6.45) is 2.07. The number of aromatic nitrogens is 1. The van der Waals surface area contributed by atoms with E-state index < -0.39 is 5.76 Å². The summed E-state index contributed by atoms with van der Waals surface area (Å²) in [5, 5.41) is 0. The molecule has 3 N–H and O–H groups in total. The van der Waals surface area contributed by atoms with E-state index in [-0.39, 0.29) is 6.10 Å². The molecular weight excluding hydrogens is 270 g/mol. The molecule has 0 bridgehead atoms. The predicted octanol–water partition coefficient (Wildman–Crippen LogP) is 0.713. The van der Waals surface area contributed by atoms with Crippen LogP contribution in [-0.4, -0.2) is 48.8 Å². The molecule has 21 heavy (non-hydrogen) atoms. The predicted molar refractivity (Wildman–Crippen MR) is 80.4 cm³/mol. The summed E-state index contributed by atoms with van der Waals surface area (Å²) in [7, 11) is 0. The molecule has 0 saturated carbocycles. The molecule has 1 atom stereocenters. The van der Waals surface area contributed by atoms with Gasteiger partial charge in [0, 0.05) is 19.6 Å². The van der Waals surface area contributed by atoms with Gasteiger partial charge < -0.3 is 14.9 Å². The third-order valence-electron chi connectivity index (χ3n) is 3.93. The maximum atomic E-state index is 11.3. The molecule has 0 unspecified atom stereocenters. The molecule has 1 aliphatic rings. The van der Waals surface area contributed by atoms with Crippen molar-refractivity contribution in [3.05, 3.63) is 34.3 Å². The second-order valence-corrected chi connectivity index (χ2v) is 5.44. The van der Waals surface area contributed by atoms with Crippen LogP contribution in [0.25, 0.3) is 11.1 Å². The smallest absolute Gasteiger partial charge is 0.408 e. The zero-order valence-electron chi connectivity index (χ0n) is 12.0. The number of fused-ring (bicyclic) bond motifs is 1. The highest BCUT2D eigenvalue weighted by molar-refractivity contribution is 5.75. The number of oxazole rings is 1. The Labute approximate surface area is 122 Å². The van der Waals surface area contributed by atoms with Gasteiger partial charge in [0.25, 0.3) is 0 Å². The van der Waals surface area contributed by atoms with E-state index in [0.29, 0.717) is 12.1 Å². The second-order valence-electron chi connectivity index (χ2n) is 5.44. The fourth-order valence-electron chi connectivity index (χ4n) is 2.85. The van der Waals surface area contributed by atoms with Crippen molar-refractivity contribution in [2.75, 3.05) is 32.8 Å². The van der Waals surface area contributed by atoms with Crippen LogP contribution in [0.2, 0.25) is 0 Å². The number of benzene rings is 1. The van der Waals surface area contributed by atoms with Gasteiger partial charge in [-0.15, -0.1) is 0 Å². The molecule has 3 rings (SSSR count). The van der Waals surface area contributed by atoms with E-state index >= 15 is 0 Å². The van der Waals surface area contributed by atoms with Crippen LogP contribution in [0.15, 0.2) is 27.4 Å². The number of H-pyrrole nitrogens is 1. The number of hydrogen-bond donors (Lipinski definition) is 2. The Hall–Kier alpha value is -1.63. The SMILES string of the molecule is NC[C@@H]1CN(CCCc2cccc3[nH]c(=O)oc23)CCO1. The number of hydrogen-bond acceptors (Lipinski definition) is 5. The van der Waals surface area contributed by atoms with Crippen molar-refractivity contribution in [1.82, 2.24) is 9.88 Å². The summed E-state index contributed by atoms with van der Waals surface area (Å²) in [4.78, 5) is 16.3. The number of nitrogens with one attached hydrogen (secondary N) is 1. The van der Waals surface area contributed by atoms with Gasteiger partial charge in [-0.2, -0.15) is 0 Å². The first kappa shape index (κ1) is 14.3. The van der Waals surface area contributed by atoms with Crippen LogP contribution in [0.1, 0.15) is 12.0 Å². The monoisotopic (exact) mass is 291 g/mol. The lowest BCUT2D eigenvalue weighted by molar-refractivity contribution is -0.0232. The van der Waals surface area contributed by atoms with Crippen molar-refractivity contribution >= 4 is 11.1 Å². The van der Waals surface area contributed by atoms with Gasteiger partial charge in [-0.05, 0) is 31.0 Å². The molecule has 1 aliphatic heterocycles. The highest BCUT2D eigenvalue weighted by Gasteiger charge is 2.18. The molecule has 0 amide bonds. The maximum Gasteiger partial charge on any atom is 0.417 e. The van der Waals surface area contributed by atoms with Gasteiger partial charge in [0.2, 0.25) is 0 Å². The minimum absolute atomic E-state index is 0.157. The molecule has 1 aromatic heterocycles. The summed E-state index contributed by atoms with van der Waals surface area (Å²) in [5.41, 5.74) is 8.19. The van der Waals surface area contributed by atoms with Gasteiger partial charge in [0.1, 0.15) is 0 Å². The normalized spacial score (nSPS) is 20.1. The highest BCUT2D eigenvalue weighted by Crippen LogP contribution is 2.17. The number of nitrogens with zero attached hydrogens (tertiary/aromatic N) is 1. The lowest BCUT2D eigenvalue weighted by Crippen LogP contribution is -2.45. The van der Waals surface area contributed by atoms with E-state index in [9.17, 15) is 4.79 Å². The van der Waals surface area contributed by atoms with E-state index in [1.54, 1.807) is 0 Å². The first-order valence-corrected chi connectivity index (χ1v) is 7.41. The molecule has 1 fully saturated rings. The molecule has 114 valence electrons. The fourth-order valence-corrected chi connectivity index (χ4v) is 2.85. The second kappa shape index (κ2) is 6.43. The molecule has 1 saturated heterocycles. The van der Waals surface area contributed by atoms with Gasteiger partial charge in [0.15, 0.2) is 5.58 Å². The van der Waals surface area contributed by atoms with Crippen molar-refractivity contribution in [1.29, 1.82) is 0 Å². The Bertz CT molecular complexity index is 649. The molecule has 0 aliphatic carbocycles. The van der Waals surface area contributed by atoms with Crippen molar-refractivity contribution in [3.8, 4) is 0 Å². The van der Waals surface area contributed by atoms with E-state index in [0.717, 1.165) is 50.2 Å². The van der Waals surface area contributed by atoms with Crippen molar-refractivity contribution in [2.24, 2.45) is 5.73 Å². The van der Waals surface area contributed by atoms with Crippen LogP contribution < -0.4 is 11.5 Å². The maximum absolute atomic E-state index is 11.3. The minimum atomic E-state index is -0.392. The number of rotatable bonds is 5. The van der Waals surface area contributed by atoms with Crippen LogP contribution in [0.5, 0.6) is 0 Å². The summed E-state index contributed by atoms with van der Waals surface area (Å²) >= 11 is 0. The molecule has 6 nitrogen and oxygen atoms in total. The van der Waals surface area contributed by atoms with Gasteiger partial charge in [-0.25, -0.2) is 4.79 Å². The van der Waals surface area contributed by atoms with Gasteiger partial charge in [-0.1, -0.05) is 12.1 Å². The Kier molecular flexibility index (Phi) is 4.38. The van der Waals surface area contributed by atoms with E-state index in [4.69, 9.17) is 14.9 Å². The number of aromatic amines is 1. The summed E-state index contributed by atoms with van der Waals surface area (Å²) in [5.74, 6) is -0.392. The Morgan fingerprint density at radius 1 is 1.43 bits per heavy atom. The molecule has 6 heteroatoms.